The minimum Gasteiger partial charge on any atom is -0.463 e. The van der Waals surface area contributed by atoms with Crippen molar-refractivity contribution in [3.8, 4) is 11.1 Å². The van der Waals surface area contributed by atoms with E-state index in [9.17, 15) is 4.79 Å². The van der Waals surface area contributed by atoms with Crippen molar-refractivity contribution in [3.05, 3.63) is 181 Å². The molecule has 0 N–H and O–H groups in total. The molecule has 0 aliphatic rings. The molecule has 53 heavy (non-hydrogen) atoms. The van der Waals surface area contributed by atoms with Crippen molar-refractivity contribution in [2.24, 2.45) is 0 Å². The molecule has 0 saturated heterocycles. The van der Waals surface area contributed by atoms with Crippen LogP contribution in [-0.4, -0.2) is 26.3 Å². The van der Waals surface area contributed by atoms with Gasteiger partial charge in [0, 0.05) is 53.9 Å². The number of carbonyl (C=O) groups excluding carboxylic acids is 1. The van der Waals surface area contributed by atoms with Gasteiger partial charge in [-0.3, -0.25) is 0 Å². The van der Waals surface area contributed by atoms with Crippen molar-refractivity contribution in [3.63, 3.8) is 0 Å². The molecule has 0 atom stereocenters. The summed E-state index contributed by atoms with van der Waals surface area (Å²) in [7, 11) is 1.75. The van der Waals surface area contributed by atoms with E-state index in [-0.39, 0.29) is 5.97 Å². The number of esters is 1. The maximum atomic E-state index is 11.4. The number of rotatable bonds is 16. The maximum Gasteiger partial charge on any atom is 0.330 e. The highest BCUT2D eigenvalue weighted by Crippen LogP contribution is 2.38. The van der Waals surface area contributed by atoms with Gasteiger partial charge in [0.05, 0.1) is 6.61 Å². The van der Waals surface area contributed by atoms with Crippen molar-refractivity contribution in [2.75, 3.05) is 30.1 Å². The molecule has 6 aromatic carbocycles. The van der Waals surface area contributed by atoms with E-state index in [0.717, 1.165) is 77.5 Å². The third-order valence-corrected chi connectivity index (χ3v) is 9.39. The first kappa shape index (κ1) is 36.9. The molecule has 0 amide bonds. The third-order valence-electron chi connectivity index (χ3n) is 9.39. The largest absolute Gasteiger partial charge is 0.463 e. The van der Waals surface area contributed by atoms with E-state index in [0.29, 0.717) is 6.61 Å². The Bertz CT molecular complexity index is 2050. The summed E-state index contributed by atoms with van der Waals surface area (Å²) in [6.45, 7) is 8.83. The fourth-order valence-corrected chi connectivity index (χ4v) is 6.44. The first-order valence-corrected chi connectivity index (χ1v) is 18.3. The normalized spacial score (nSPS) is 10.8. The number of nitrogens with zero attached hydrogens (tertiary/aromatic N) is 2. The van der Waals surface area contributed by atoms with Gasteiger partial charge < -0.3 is 19.3 Å². The van der Waals surface area contributed by atoms with Crippen molar-refractivity contribution >= 4 is 40.1 Å². The van der Waals surface area contributed by atoms with Crippen LogP contribution in [0, 0.1) is 13.8 Å². The second-order valence-corrected chi connectivity index (χ2v) is 13.3. The van der Waals surface area contributed by atoms with Crippen LogP contribution in [0.1, 0.15) is 35.1 Å². The standard InChI is InChI=1S/C48H48N2O3/c1-5-48(51)53-35-7-9-39-16-28-45(29-17-39)50(43-24-12-37(3)13-25-43)47-32-20-41(21-33-47)40-18-30-46(31-19-40)49(42-22-10-36(2)11-23-42)44-26-14-38(15-27-44)8-6-34-52-4/h5,10-33H,1,6-9,34-35H2,2-4H3. The van der Waals surface area contributed by atoms with Crippen molar-refractivity contribution in [1.82, 2.24) is 0 Å². The number of benzene rings is 6. The molecule has 0 aliphatic carbocycles. The van der Waals surface area contributed by atoms with Gasteiger partial charge >= 0.3 is 5.97 Å². The monoisotopic (exact) mass is 700 g/mol. The molecule has 6 aromatic rings. The molecule has 5 heteroatoms. The lowest BCUT2D eigenvalue weighted by Gasteiger charge is -2.26. The highest BCUT2D eigenvalue weighted by molar-refractivity contribution is 5.82. The fourth-order valence-electron chi connectivity index (χ4n) is 6.44. The zero-order valence-corrected chi connectivity index (χ0v) is 31.0. The van der Waals surface area contributed by atoms with Crippen LogP contribution in [0.25, 0.3) is 11.1 Å². The quantitative estimate of drug-likeness (QED) is 0.0571. The average Bonchev–Trinajstić information content (AvgIpc) is 3.20. The van der Waals surface area contributed by atoms with E-state index in [4.69, 9.17) is 9.47 Å². The Hall–Kier alpha value is -5.91. The average molecular weight is 701 g/mol. The molecule has 0 fully saturated rings. The van der Waals surface area contributed by atoms with Crippen molar-refractivity contribution in [2.45, 2.75) is 39.5 Å². The second-order valence-electron chi connectivity index (χ2n) is 13.3. The summed E-state index contributed by atoms with van der Waals surface area (Å²) in [4.78, 5) is 16.0. The predicted octanol–water partition coefficient (Wildman–Crippen LogP) is 12.2. The molecular weight excluding hydrogens is 653 g/mol. The van der Waals surface area contributed by atoms with Gasteiger partial charge in [0.2, 0.25) is 0 Å². The third kappa shape index (κ3) is 9.70. The lowest BCUT2D eigenvalue weighted by atomic mass is 10.0. The lowest BCUT2D eigenvalue weighted by Crippen LogP contribution is -2.10. The van der Waals surface area contributed by atoms with Gasteiger partial charge in [-0.2, -0.15) is 0 Å². The van der Waals surface area contributed by atoms with Gasteiger partial charge in [-0.25, -0.2) is 4.79 Å². The molecule has 0 aliphatic heterocycles. The van der Waals surface area contributed by atoms with Crippen LogP contribution in [0.2, 0.25) is 0 Å². The van der Waals surface area contributed by atoms with E-state index in [1.54, 1.807) is 7.11 Å². The summed E-state index contributed by atoms with van der Waals surface area (Å²) in [5, 5.41) is 0. The Morgan fingerprint density at radius 2 is 0.830 bits per heavy atom. The van der Waals surface area contributed by atoms with E-state index in [2.05, 4.69) is 176 Å². The zero-order chi connectivity index (χ0) is 37.0. The zero-order valence-electron chi connectivity index (χ0n) is 31.0. The molecule has 0 bridgehead atoms. The number of ether oxygens (including phenoxy) is 2. The number of hydrogen-bond acceptors (Lipinski definition) is 5. The summed E-state index contributed by atoms with van der Waals surface area (Å²) in [5.41, 5.74) is 13.9. The predicted molar refractivity (Wildman–Crippen MR) is 220 cm³/mol. The molecule has 0 radical (unpaired) electrons. The van der Waals surface area contributed by atoms with Gasteiger partial charge in [0.15, 0.2) is 0 Å². The number of aryl methyl sites for hydroxylation is 4. The Morgan fingerprint density at radius 3 is 1.17 bits per heavy atom. The highest BCUT2D eigenvalue weighted by Gasteiger charge is 2.15. The van der Waals surface area contributed by atoms with Crippen LogP contribution >= 0.6 is 0 Å². The SMILES string of the molecule is C=CC(=O)OCCCc1ccc(N(c2ccc(C)cc2)c2ccc(-c3ccc(N(c4ccc(C)cc4)c4ccc(CCCOC)cc4)cc3)cc2)cc1. The minimum absolute atomic E-state index is 0.381. The van der Waals surface area contributed by atoms with Crippen LogP contribution in [0.15, 0.2) is 158 Å². The van der Waals surface area contributed by atoms with E-state index < -0.39 is 0 Å². The van der Waals surface area contributed by atoms with Gasteiger partial charge in [0.25, 0.3) is 0 Å². The molecule has 0 heterocycles. The summed E-state index contributed by atoms with van der Waals surface area (Å²) in [5.74, 6) is -0.381. The highest BCUT2D eigenvalue weighted by atomic mass is 16.5. The minimum atomic E-state index is -0.381. The summed E-state index contributed by atoms with van der Waals surface area (Å²) >= 11 is 0. The Kier molecular flexibility index (Phi) is 12.5. The molecule has 0 spiro atoms. The van der Waals surface area contributed by atoms with Gasteiger partial charge in [0.1, 0.15) is 0 Å². The van der Waals surface area contributed by atoms with Crippen LogP contribution in [0.4, 0.5) is 34.1 Å². The first-order chi connectivity index (χ1) is 25.9. The van der Waals surface area contributed by atoms with E-state index in [1.807, 2.05) is 0 Å². The van der Waals surface area contributed by atoms with Gasteiger partial charge in [-0.1, -0.05) is 90.5 Å². The summed E-state index contributed by atoms with van der Waals surface area (Å²) in [6, 6.07) is 52.4. The number of carbonyl (C=O) groups is 1. The number of anilines is 6. The molecule has 0 aromatic heterocycles. The maximum absolute atomic E-state index is 11.4. The Balaban J connectivity index is 1.23. The van der Waals surface area contributed by atoms with E-state index in [1.165, 1.54) is 28.3 Å². The van der Waals surface area contributed by atoms with Gasteiger partial charge in [-0.05, 0) is 135 Å². The fraction of sp³-hybridized carbons (Fsp3) is 0.188. The molecule has 0 unspecified atom stereocenters. The van der Waals surface area contributed by atoms with Crippen molar-refractivity contribution < 1.29 is 14.3 Å². The first-order valence-electron chi connectivity index (χ1n) is 18.3. The van der Waals surface area contributed by atoms with Gasteiger partial charge in [-0.15, -0.1) is 0 Å². The Labute approximate surface area is 314 Å². The van der Waals surface area contributed by atoms with Crippen molar-refractivity contribution in [1.29, 1.82) is 0 Å². The van der Waals surface area contributed by atoms with Crippen LogP contribution in [0.3, 0.4) is 0 Å². The van der Waals surface area contributed by atoms with Crippen LogP contribution in [-0.2, 0) is 27.1 Å². The second kappa shape index (κ2) is 18.0. The topological polar surface area (TPSA) is 42.0 Å². The van der Waals surface area contributed by atoms with Crippen LogP contribution in [0.5, 0.6) is 0 Å². The number of hydrogen-bond donors (Lipinski definition) is 0. The molecule has 268 valence electrons. The van der Waals surface area contributed by atoms with Crippen LogP contribution < -0.4 is 9.80 Å². The lowest BCUT2D eigenvalue weighted by molar-refractivity contribution is -0.137. The molecular formula is C48H48N2O3. The number of methoxy groups -OCH3 is 1. The Morgan fingerprint density at radius 1 is 0.509 bits per heavy atom. The van der Waals surface area contributed by atoms with E-state index >= 15 is 0 Å². The summed E-state index contributed by atoms with van der Waals surface area (Å²) in [6.07, 6.45) is 4.79. The molecule has 6 rings (SSSR count). The smallest absolute Gasteiger partial charge is 0.330 e. The molecule has 5 nitrogen and oxygen atoms in total. The molecule has 0 saturated carbocycles. The summed E-state index contributed by atoms with van der Waals surface area (Å²) < 4.78 is 10.4.